The van der Waals surface area contributed by atoms with Crippen molar-refractivity contribution >= 4 is 0 Å². The molecule has 0 amide bonds. The van der Waals surface area contributed by atoms with Crippen LogP contribution in [0.4, 0.5) is 0 Å². The molecule has 2 atom stereocenters. The summed E-state index contributed by atoms with van der Waals surface area (Å²) in [5.74, 6) is 0. The largest absolute Gasteiger partial charge is 0.315 e. The number of hydrogen-bond acceptors (Lipinski definition) is 3. The number of nitrogens with one attached hydrogen (secondary N) is 2. The first-order chi connectivity index (χ1) is 5.70. The van der Waals surface area contributed by atoms with E-state index in [0.717, 1.165) is 13.1 Å². The van der Waals surface area contributed by atoms with Gasteiger partial charge in [0, 0.05) is 25.2 Å². The Kier molecular flexibility index (Phi) is 3.98. The molecule has 3 nitrogen and oxygen atoms in total. The zero-order valence-electron chi connectivity index (χ0n) is 8.43. The Morgan fingerprint density at radius 1 is 1.58 bits per heavy atom. The van der Waals surface area contributed by atoms with Crippen molar-refractivity contribution in [2.24, 2.45) is 0 Å². The van der Waals surface area contributed by atoms with E-state index in [-0.39, 0.29) is 0 Å². The average molecular weight is 171 g/mol. The van der Waals surface area contributed by atoms with Gasteiger partial charge in [0.25, 0.3) is 0 Å². The second-order valence-electron chi connectivity index (χ2n) is 3.91. The Morgan fingerprint density at radius 3 is 2.83 bits per heavy atom. The van der Waals surface area contributed by atoms with Crippen LogP contribution in [0.1, 0.15) is 13.3 Å². The number of nitrogens with zero attached hydrogens (tertiary/aromatic N) is 1. The Balaban J connectivity index is 2.07. The van der Waals surface area contributed by atoms with Gasteiger partial charge in [-0.3, -0.25) is 0 Å². The molecule has 0 aromatic rings. The molecule has 1 saturated heterocycles. The molecule has 12 heavy (non-hydrogen) atoms. The van der Waals surface area contributed by atoms with Crippen LogP contribution in [-0.2, 0) is 0 Å². The van der Waals surface area contributed by atoms with E-state index in [1.165, 1.54) is 13.0 Å². The molecule has 2 N–H and O–H groups in total. The lowest BCUT2D eigenvalue weighted by atomic mass is 10.2. The van der Waals surface area contributed by atoms with Crippen molar-refractivity contribution < 1.29 is 0 Å². The van der Waals surface area contributed by atoms with Gasteiger partial charge in [0.05, 0.1) is 0 Å². The summed E-state index contributed by atoms with van der Waals surface area (Å²) >= 11 is 0. The van der Waals surface area contributed by atoms with E-state index in [9.17, 15) is 0 Å². The van der Waals surface area contributed by atoms with E-state index >= 15 is 0 Å². The summed E-state index contributed by atoms with van der Waals surface area (Å²) in [6.45, 7) is 5.66. The first-order valence-electron chi connectivity index (χ1n) is 4.80. The normalized spacial score (nSPS) is 26.5. The zero-order chi connectivity index (χ0) is 8.97. The predicted molar refractivity (Wildman–Crippen MR) is 52.4 cm³/mol. The third kappa shape index (κ3) is 3.09. The summed E-state index contributed by atoms with van der Waals surface area (Å²) in [6.07, 6.45) is 1.28. The lowest BCUT2D eigenvalue weighted by Crippen LogP contribution is -2.41. The third-order valence-electron chi connectivity index (χ3n) is 2.64. The predicted octanol–water partition coefficient (Wildman–Crippen LogP) is -0.112. The standard InChI is InChI=1S/C9H21N3/c1-8(12(2)3)6-11-9-4-5-10-7-9/h8-11H,4-7H2,1-3H3. The van der Waals surface area contributed by atoms with Gasteiger partial charge >= 0.3 is 0 Å². The summed E-state index contributed by atoms with van der Waals surface area (Å²) in [7, 11) is 4.25. The van der Waals surface area contributed by atoms with Gasteiger partial charge in [-0.2, -0.15) is 0 Å². The highest BCUT2D eigenvalue weighted by Crippen LogP contribution is 1.97. The Hall–Kier alpha value is -0.120. The van der Waals surface area contributed by atoms with Gasteiger partial charge in [0.15, 0.2) is 0 Å². The maximum Gasteiger partial charge on any atom is 0.0205 e. The molecule has 0 aromatic carbocycles. The molecular weight excluding hydrogens is 150 g/mol. The number of likely N-dealkylation sites (N-methyl/N-ethyl adjacent to an activating group) is 1. The van der Waals surface area contributed by atoms with Crippen LogP contribution in [0.3, 0.4) is 0 Å². The van der Waals surface area contributed by atoms with E-state index in [4.69, 9.17) is 0 Å². The fourth-order valence-electron chi connectivity index (χ4n) is 1.35. The molecule has 1 rings (SSSR count). The lowest BCUT2D eigenvalue weighted by Gasteiger charge is -2.22. The molecule has 72 valence electrons. The van der Waals surface area contributed by atoms with E-state index in [2.05, 4.69) is 36.6 Å². The quantitative estimate of drug-likeness (QED) is 0.618. The van der Waals surface area contributed by atoms with Crippen LogP contribution < -0.4 is 10.6 Å². The lowest BCUT2D eigenvalue weighted by molar-refractivity contribution is 0.295. The number of hydrogen-bond donors (Lipinski definition) is 2. The molecule has 1 aliphatic rings. The van der Waals surface area contributed by atoms with Crippen molar-refractivity contribution in [3.8, 4) is 0 Å². The van der Waals surface area contributed by atoms with Gasteiger partial charge in [0.1, 0.15) is 0 Å². The minimum absolute atomic E-state index is 0.630. The first kappa shape index (κ1) is 9.96. The SMILES string of the molecule is CC(CNC1CCNC1)N(C)C. The molecule has 0 bridgehead atoms. The van der Waals surface area contributed by atoms with Crippen molar-refractivity contribution in [1.29, 1.82) is 0 Å². The first-order valence-corrected chi connectivity index (χ1v) is 4.80. The molecule has 0 radical (unpaired) electrons. The van der Waals surface area contributed by atoms with Crippen LogP contribution in [0.25, 0.3) is 0 Å². The fourth-order valence-corrected chi connectivity index (χ4v) is 1.35. The molecular formula is C9H21N3. The van der Waals surface area contributed by atoms with Gasteiger partial charge < -0.3 is 15.5 Å². The second-order valence-corrected chi connectivity index (χ2v) is 3.91. The average Bonchev–Trinajstić information content (AvgIpc) is 2.51. The smallest absolute Gasteiger partial charge is 0.0205 e. The van der Waals surface area contributed by atoms with Gasteiger partial charge in [-0.25, -0.2) is 0 Å². The van der Waals surface area contributed by atoms with Gasteiger partial charge in [0.2, 0.25) is 0 Å². The van der Waals surface area contributed by atoms with Gasteiger partial charge in [-0.05, 0) is 34.0 Å². The highest BCUT2D eigenvalue weighted by Gasteiger charge is 2.14. The Labute approximate surface area is 75.5 Å². The molecule has 3 heteroatoms. The van der Waals surface area contributed by atoms with Crippen molar-refractivity contribution in [3.63, 3.8) is 0 Å². The molecule has 1 fully saturated rings. The highest BCUT2D eigenvalue weighted by molar-refractivity contribution is 4.78. The van der Waals surface area contributed by atoms with Crippen LogP contribution in [0.2, 0.25) is 0 Å². The van der Waals surface area contributed by atoms with E-state index < -0.39 is 0 Å². The Bertz CT molecular complexity index is 117. The summed E-state index contributed by atoms with van der Waals surface area (Å²) < 4.78 is 0. The molecule has 0 aliphatic carbocycles. The van der Waals surface area contributed by atoms with E-state index in [1.54, 1.807) is 0 Å². The summed E-state index contributed by atoms with van der Waals surface area (Å²) in [5, 5.41) is 6.91. The van der Waals surface area contributed by atoms with Crippen LogP contribution in [0.15, 0.2) is 0 Å². The molecule has 0 saturated carbocycles. The Morgan fingerprint density at radius 2 is 2.33 bits per heavy atom. The van der Waals surface area contributed by atoms with Crippen molar-refractivity contribution in [3.05, 3.63) is 0 Å². The van der Waals surface area contributed by atoms with E-state index in [1.807, 2.05) is 0 Å². The van der Waals surface area contributed by atoms with Gasteiger partial charge in [-0.15, -0.1) is 0 Å². The van der Waals surface area contributed by atoms with Crippen LogP contribution in [0, 0.1) is 0 Å². The van der Waals surface area contributed by atoms with Crippen LogP contribution >= 0.6 is 0 Å². The summed E-state index contributed by atoms with van der Waals surface area (Å²) in [5.41, 5.74) is 0. The molecule has 1 aliphatic heterocycles. The fraction of sp³-hybridized carbons (Fsp3) is 1.00. The van der Waals surface area contributed by atoms with Crippen LogP contribution in [-0.4, -0.2) is 50.7 Å². The second kappa shape index (κ2) is 4.80. The maximum atomic E-state index is 3.56. The van der Waals surface area contributed by atoms with E-state index in [0.29, 0.717) is 12.1 Å². The highest BCUT2D eigenvalue weighted by atomic mass is 15.1. The third-order valence-corrected chi connectivity index (χ3v) is 2.64. The van der Waals surface area contributed by atoms with Crippen molar-refractivity contribution in [1.82, 2.24) is 15.5 Å². The minimum atomic E-state index is 0.630. The number of rotatable bonds is 4. The molecule has 0 spiro atoms. The molecule has 1 heterocycles. The maximum absolute atomic E-state index is 3.56. The topological polar surface area (TPSA) is 27.3 Å². The summed E-state index contributed by atoms with van der Waals surface area (Å²) in [6, 6.07) is 1.33. The van der Waals surface area contributed by atoms with Gasteiger partial charge in [-0.1, -0.05) is 0 Å². The van der Waals surface area contributed by atoms with Crippen molar-refractivity contribution in [2.75, 3.05) is 33.7 Å². The van der Waals surface area contributed by atoms with Crippen molar-refractivity contribution in [2.45, 2.75) is 25.4 Å². The summed E-state index contributed by atoms with van der Waals surface area (Å²) in [4.78, 5) is 2.25. The zero-order valence-corrected chi connectivity index (χ0v) is 8.43. The molecule has 2 unspecified atom stereocenters. The molecule has 0 aromatic heterocycles. The van der Waals surface area contributed by atoms with Crippen LogP contribution in [0.5, 0.6) is 0 Å². The minimum Gasteiger partial charge on any atom is -0.315 e. The monoisotopic (exact) mass is 171 g/mol.